The van der Waals surface area contributed by atoms with E-state index in [0.29, 0.717) is 0 Å². The van der Waals surface area contributed by atoms with Gasteiger partial charge < -0.3 is 4.90 Å². The Hall–Kier alpha value is -0.915. The molecule has 22 heavy (non-hydrogen) atoms. The van der Waals surface area contributed by atoms with Gasteiger partial charge in [-0.15, -0.1) is 0 Å². The molecule has 1 saturated heterocycles. The molecule has 1 heterocycles. The van der Waals surface area contributed by atoms with E-state index in [1.165, 1.54) is 43.6 Å². The van der Waals surface area contributed by atoms with Crippen molar-refractivity contribution >= 4 is 14.1 Å². The van der Waals surface area contributed by atoms with Gasteiger partial charge in [-0.25, -0.2) is 0 Å². The third-order valence-electron chi connectivity index (χ3n) is 2.76. The highest BCUT2D eigenvalue weighted by atomic mass is 15.1. The minimum atomic E-state index is 0. The number of hydrogen-bond donors (Lipinski definition) is 0. The van der Waals surface area contributed by atoms with Crippen molar-refractivity contribution in [1.29, 1.82) is 0 Å². The fourth-order valence-electron chi connectivity index (χ4n) is 1.91. The summed E-state index contributed by atoms with van der Waals surface area (Å²) in [4.78, 5) is 2.49. The van der Waals surface area contributed by atoms with Crippen molar-refractivity contribution < 1.29 is 0 Å². The van der Waals surface area contributed by atoms with Crippen molar-refractivity contribution in [3.63, 3.8) is 0 Å². The van der Waals surface area contributed by atoms with Gasteiger partial charge in [0.25, 0.3) is 0 Å². The van der Waals surface area contributed by atoms with Crippen LogP contribution in [0.4, 0.5) is 5.69 Å². The van der Waals surface area contributed by atoms with Crippen molar-refractivity contribution in [2.45, 2.75) is 81.6 Å². The highest BCUT2D eigenvalue weighted by Crippen LogP contribution is 2.19. The summed E-state index contributed by atoms with van der Waals surface area (Å²) in [6, 6.07) is 8.87. The molecule has 0 saturated carbocycles. The number of anilines is 1. The van der Waals surface area contributed by atoms with Crippen LogP contribution in [0.25, 0.3) is 0 Å². The smallest absolute Gasteiger partial charge is 0.0366 e. The zero-order valence-electron chi connectivity index (χ0n) is 16.9. The molecule has 1 aromatic carbocycles. The van der Waals surface area contributed by atoms with Crippen LogP contribution < -0.4 is 4.90 Å². The lowest BCUT2D eigenvalue weighted by Crippen LogP contribution is -2.29. The van der Waals surface area contributed by atoms with Gasteiger partial charge in [0.1, 0.15) is 0 Å². The number of rotatable bonds is 1. The summed E-state index contributed by atoms with van der Waals surface area (Å²) in [5, 5.41) is 0. The quantitative estimate of drug-likeness (QED) is 0.521. The zero-order chi connectivity index (χ0) is 17.1. The number of nitrogens with zero attached hydrogens (tertiary/aromatic N) is 1. The number of hydrogen-bond acceptors (Lipinski definition) is 1. The molecule has 1 aromatic rings. The van der Waals surface area contributed by atoms with Gasteiger partial charge in [0.2, 0.25) is 0 Å². The van der Waals surface area contributed by atoms with Crippen molar-refractivity contribution in [3.8, 4) is 0 Å². The second-order valence-electron chi connectivity index (χ2n) is 3.88. The Bertz CT molecular complexity index is 264. The van der Waals surface area contributed by atoms with E-state index in [2.05, 4.69) is 36.1 Å². The summed E-state index contributed by atoms with van der Waals surface area (Å²) in [6.07, 6.45) is 4.12. The molecule has 0 spiro atoms. The molecule has 1 nitrogen and oxygen atoms in total. The predicted molar refractivity (Wildman–Crippen MR) is 108 cm³/mol. The van der Waals surface area contributed by atoms with Crippen molar-refractivity contribution in [2.24, 2.45) is 0 Å². The molecule has 0 aromatic heterocycles. The van der Waals surface area contributed by atoms with E-state index in [-0.39, 0.29) is 8.41 Å². The van der Waals surface area contributed by atoms with Gasteiger partial charge in [-0.2, -0.15) is 0 Å². The average molecular weight is 306 g/mol. The minimum Gasteiger partial charge on any atom is -0.372 e. The van der Waals surface area contributed by atoms with Crippen LogP contribution in [0.2, 0.25) is 0 Å². The third kappa shape index (κ3) is 14.0. The van der Waals surface area contributed by atoms with Gasteiger partial charge in [0.05, 0.1) is 0 Å². The molecule has 2 heteroatoms. The molecule has 2 rings (SSSR count). The van der Waals surface area contributed by atoms with E-state index in [9.17, 15) is 0 Å². The van der Waals surface area contributed by atoms with Crippen LogP contribution in [-0.2, 0) is 0 Å². The van der Waals surface area contributed by atoms with Gasteiger partial charge in [0.15, 0.2) is 0 Å². The third-order valence-corrected chi connectivity index (χ3v) is 2.76. The lowest BCUT2D eigenvalue weighted by atomic mass is 10.1. The molecule has 0 N–H and O–H groups in total. The molecular weight excluding hydrogens is 265 g/mol. The van der Waals surface area contributed by atoms with E-state index in [0.717, 1.165) is 0 Å². The lowest BCUT2D eigenvalue weighted by Gasteiger charge is -2.28. The molecule has 0 aliphatic carbocycles. The predicted octanol–water partition coefficient (Wildman–Crippen LogP) is 6.71. The largest absolute Gasteiger partial charge is 0.372 e. The van der Waals surface area contributed by atoms with Crippen LogP contribution in [0.1, 0.15) is 80.2 Å². The summed E-state index contributed by atoms with van der Waals surface area (Å²) in [5.74, 6) is 0. The van der Waals surface area contributed by atoms with Crippen LogP contribution in [0.15, 0.2) is 24.3 Å². The number of piperidine rings is 1. The maximum atomic E-state index is 2.49. The van der Waals surface area contributed by atoms with E-state index in [1.807, 2.05) is 55.4 Å². The zero-order valence-corrected chi connectivity index (χ0v) is 16.9. The molecule has 0 amide bonds. The van der Waals surface area contributed by atoms with Gasteiger partial charge in [0, 0.05) is 27.2 Å². The maximum Gasteiger partial charge on any atom is 0.0366 e. The van der Waals surface area contributed by atoms with E-state index < -0.39 is 0 Å². The van der Waals surface area contributed by atoms with Crippen LogP contribution in [0.3, 0.4) is 0 Å². The molecule has 1 aliphatic heterocycles. The van der Waals surface area contributed by atoms with Crippen molar-refractivity contribution in [1.82, 2.24) is 0 Å². The average Bonchev–Trinajstić information content (AvgIpc) is 2.63. The summed E-state index contributed by atoms with van der Waals surface area (Å²) >= 11 is 0. The molecule has 0 bridgehead atoms. The van der Waals surface area contributed by atoms with Gasteiger partial charge in [-0.3, -0.25) is 0 Å². The standard InChI is InChI=1S/C12H17N.4C2H6.B/c1-11-5-7-12(8-6-11)13-9-3-2-4-10-13;4*1-2;/h5-8H,2-4,9-10H2,1H3;4*1-2H3;. The Morgan fingerprint density at radius 3 is 1.36 bits per heavy atom. The monoisotopic (exact) mass is 306 g/mol. The van der Waals surface area contributed by atoms with Crippen LogP contribution in [0.5, 0.6) is 0 Å². The Kier molecular flexibility index (Phi) is 33.2. The second-order valence-corrected chi connectivity index (χ2v) is 3.88. The first-order valence-corrected chi connectivity index (χ1v) is 9.18. The molecule has 0 atom stereocenters. The van der Waals surface area contributed by atoms with Gasteiger partial charge in [-0.1, -0.05) is 73.1 Å². The summed E-state index contributed by atoms with van der Waals surface area (Å²) in [6.45, 7) is 20.6. The maximum absolute atomic E-state index is 2.49. The number of aryl methyl sites for hydroxylation is 1. The summed E-state index contributed by atoms with van der Waals surface area (Å²) in [5.41, 5.74) is 2.74. The number of benzene rings is 1. The molecule has 0 unspecified atom stereocenters. The molecular formula is C20H41BN. The van der Waals surface area contributed by atoms with E-state index in [4.69, 9.17) is 0 Å². The Morgan fingerprint density at radius 1 is 0.636 bits per heavy atom. The Morgan fingerprint density at radius 2 is 1.00 bits per heavy atom. The SMILES string of the molecule is CC.CC.CC.CC.Cc1ccc(N2CCCCC2)cc1.[B]. The van der Waals surface area contributed by atoms with E-state index >= 15 is 0 Å². The van der Waals surface area contributed by atoms with Crippen molar-refractivity contribution in [3.05, 3.63) is 29.8 Å². The lowest BCUT2D eigenvalue weighted by molar-refractivity contribution is 0.578. The van der Waals surface area contributed by atoms with Crippen LogP contribution >= 0.6 is 0 Å². The van der Waals surface area contributed by atoms with Crippen LogP contribution in [-0.4, -0.2) is 21.5 Å². The molecule has 3 radical (unpaired) electrons. The van der Waals surface area contributed by atoms with Gasteiger partial charge >= 0.3 is 0 Å². The van der Waals surface area contributed by atoms with Crippen LogP contribution in [0, 0.1) is 6.92 Å². The minimum absolute atomic E-state index is 0. The highest BCUT2D eigenvalue weighted by Gasteiger charge is 2.09. The molecule has 1 fully saturated rings. The first-order valence-electron chi connectivity index (χ1n) is 9.18. The highest BCUT2D eigenvalue weighted by molar-refractivity contribution is 5.75. The fourth-order valence-corrected chi connectivity index (χ4v) is 1.91. The van der Waals surface area contributed by atoms with Crippen molar-refractivity contribution in [2.75, 3.05) is 18.0 Å². The fraction of sp³-hybridized carbons (Fsp3) is 0.700. The normalized spacial score (nSPS) is 11.4. The summed E-state index contributed by atoms with van der Waals surface area (Å²) in [7, 11) is 0. The summed E-state index contributed by atoms with van der Waals surface area (Å²) < 4.78 is 0. The first-order chi connectivity index (χ1) is 10.4. The molecule has 1 aliphatic rings. The Labute approximate surface area is 144 Å². The topological polar surface area (TPSA) is 3.24 Å². The Balaban J connectivity index is -0.000000158. The molecule has 129 valence electrons. The second kappa shape index (κ2) is 25.1. The van der Waals surface area contributed by atoms with Gasteiger partial charge in [-0.05, 0) is 38.3 Å². The first kappa shape index (κ1) is 29.1. The van der Waals surface area contributed by atoms with E-state index in [1.54, 1.807) is 0 Å².